The molecule has 1 aromatic carbocycles. The lowest BCUT2D eigenvalue weighted by Crippen LogP contribution is -2.42. The Morgan fingerprint density at radius 2 is 2.10 bits per heavy atom. The molecule has 0 spiro atoms. The normalized spacial score (nSPS) is 20.6. The fraction of sp³-hybridized carbons (Fsp3) is 0.391. The zero-order valence-electron chi connectivity index (χ0n) is 17.5. The van der Waals surface area contributed by atoms with Crippen LogP contribution in [-0.2, 0) is 36.1 Å². The second-order valence-electron chi connectivity index (χ2n) is 8.23. The summed E-state index contributed by atoms with van der Waals surface area (Å²) in [7, 11) is 1.65. The standard InChI is InChI=1S/C23H25N5O3/c1-26-21(29)11-17-14-27(9-7-20(17)25-26)23(30)19-8-10-31-22(19)18-12-24-28(15-18)13-16-5-3-2-4-6-16/h2-6,11-12,15,19,22H,7-10,13-14H2,1H3/t19-,22+/m0/s1. The number of carbonyl (C=O) groups is 1. The van der Waals surface area contributed by atoms with Gasteiger partial charge in [-0.1, -0.05) is 30.3 Å². The Balaban J connectivity index is 1.31. The largest absolute Gasteiger partial charge is 0.373 e. The smallest absolute Gasteiger partial charge is 0.266 e. The number of amides is 1. The highest BCUT2D eigenvalue weighted by Gasteiger charge is 2.39. The number of fused-ring (bicyclic) bond motifs is 1. The predicted octanol–water partition coefficient (Wildman–Crippen LogP) is 1.69. The van der Waals surface area contributed by atoms with Crippen molar-refractivity contribution in [3.05, 3.63) is 81.5 Å². The minimum atomic E-state index is -0.291. The van der Waals surface area contributed by atoms with Crippen LogP contribution in [0.1, 0.15) is 34.9 Å². The monoisotopic (exact) mass is 419 g/mol. The molecule has 8 heteroatoms. The van der Waals surface area contributed by atoms with Gasteiger partial charge in [0, 0.05) is 56.6 Å². The van der Waals surface area contributed by atoms with Crippen LogP contribution < -0.4 is 5.56 Å². The van der Waals surface area contributed by atoms with Gasteiger partial charge in [0.15, 0.2) is 0 Å². The highest BCUT2D eigenvalue weighted by atomic mass is 16.5. The van der Waals surface area contributed by atoms with Crippen molar-refractivity contribution in [1.29, 1.82) is 0 Å². The second-order valence-corrected chi connectivity index (χ2v) is 8.23. The van der Waals surface area contributed by atoms with E-state index in [2.05, 4.69) is 22.3 Å². The Morgan fingerprint density at radius 3 is 2.94 bits per heavy atom. The van der Waals surface area contributed by atoms with Gasteiger partial charge in [0.05, 0.1) is 30.5 Å². The molecule has 0 bridgehead atoms. The van der Waals surface area contributed by atoms with Crippen LogP contribution in [0.4, 0.5) is 0 Å². The van der Waals surface area contributed by atoms with Crippen molar-refractivity contribution in [2.75, 3.05) is 13.2 Å². The maximum absolute atomic E-state index is 13.4. The molecule has 5 rings (SSSR count). The molecular formula is C23H25N5O3. The molecule has 31 heavy (non-hydrogen) atoms. The molecular weight excluding hydrogens is 394 g/mol. The molecule has 160 valence electrons. The van der Waals surface area contributed by atoms with E-state index in [-0.39, 0.29) is 23.5 Å². The average molecular weight is 419 g/mol. The van der Waals surface area contributed by atoms with Crippen LogP contribution in [0.5, 0.6) is 0 Å². The first-order chi connectivity index (χ1) is 15.1. The number of hydrogen-bond acceptors (Lipinski definition) is 5. The van der Waals surface area contributed by atoms with Gasteiger partial charge in [-0.05, 0) is 12.0 Å². The van der Waals surface area contributed by atoms with Crippen LogP contribution in [0.15, 0.2) is 53.6 Å². The predicted molar refractivity (Wildman–Crippen MR) is 113 cm³/mol. The number of nitrogens with zero attached hydrogens (tertiary/aromatic N) is 5. The van der Waals surface area contributed by atoms with E-state index in [0.29, 0.717) is 39.1 Å². The molecule has 0 unspecified atom stereocenters. The van der Waals surface area contributed by atoms with Crippen LogP contribution in [-0.4, -0.2) is 43.5 Å². The van der Waals surface area contributed by atoms with Gasteiger partial charge in [0.1, 0.15) is 0 Å². The fourth-order valence-electron chi connectivity index (χ4n) is 4.47. The van der Waals surface area contributed by atoms with Gasteiger partial charge >= 0.3 is 0 Å². The van der Waals surface area contributed by atoms with Crippen molar-refractivity contribution in [3.8, 4) is 0 Å². The molecule has 1 fully saturated rings. The summed E-state index contributed by atoms with van der Waals surface area (Å²) in [5.74, 6) is -0.167. The molecule has 0 saturated carbocycles. The summed E-state index contributed by atoms with van der Waals surface area (Å²) in [5, 5.41) is 8.81. The third kappa shape index (κ3) is 3.90. The Labute approximate surface area is 180 Å². The first-order valence-corrected chi connectivity index (χ1v) is 10.6. The number of benzene rings is 1. The van der Waals surface area contributed by atoms with Crippen molar-refractivity contribution in [3.63, 3.8) is 0 Å². The van der Waals surface area contributed by atoms with Crippen LogP contribution in [0.25, 0.3) is 0 Å². The maximum Gasteiger partial charge on any atom is 0.266 e. The average Bonchev–Trinajstić information content (AvgIpc) is 3.44. The van der Waals surface area contributed by atoms with Crippen molar-refractivity contribution in [1.82, 2.24) is 24.5 Å². The van der Waals surface area contributed by atoms with E-state index in [1.807, 2.05) is 34.0 Å². The van der Waals surface area contributed by atoms with Gasteiger partial charge in [0.2, 0.25) is 5.91 Å². The van der Waals surface area contributed by atoms with E-state index in [1.165, 1.54) is 10.2 Å². The Hall–Kier alpha value is -3.26. The Morgan fingerprint density at radius 1 is 1.26 bits per heavy atom. The summed E-state index contributed by atoms with van der Waals surface area (Å²) in [6, 6.07) is 11.7. The van der Waals surface area contributed by atoms with E-state index < -0.39 is 0 Å². The van der Waals surface area contributed by atoms with E-state index in [9.17, 15) is 9.59 Å². The van der Waals surface area contributed by atoms with Gasteiger partial charge in [-0.15, -0.1) is 0 Å². The zero-order valence-corrected chi connectivity index (χ0v) is 17.5. The second kappa shape index (κ2) is 8.11. The minimum absolute atomic E-state index is 0.0737. The molecule has 2 aliphatic rings. The molecule has 1 saturated heterocycles. The summed E-state index contributed by atoms with van der Waals surface area (Å²) >= 11 is 0. The molecule has 4 heterocycles. The number of aromatic nitrogens is 4. The SMILES string of the molecule is Cn1nc2c(cc1=O)CN(C(=O)[C@H]1CCO[C@@H]1c1cnn(Cc3ccccc3)c1)CC2. The fourth-order valence-corrected chi connectivity index (χ4v) is 4.47. The highest BCUT2D eigenvalue weighted by molar-refractivity contribution is 5.80. The van der Waals surface area contributed by atoms with Gasteiger partial charge in [-0.25, -0.2) is 4.68 Å². The Kier molecular flexibility index (Phi) is 5.15. The van der Waals surface area contributed by atoms with Crippen molar-refractivity contribution in [2.24, 2.45) is 13.0 Å². The third-order valence-corrected chi connectivity index (χ3v) is 6.13. The van der Waals surface area contributed by atoms with Gasteiger partial charge in [-0.2, -0.15) is 10.2 Å². The topological polar surface area (TPSA) is 82.2 Å². The summed E-state index contributed by atoms with van der Waals surface area (Å²) in [4.78, 5) is 27.2. The molecule has 8 nitrogen and oxygen atoms in total. The Bertz CT molecular complexity index is 1150. The van der Waals surface area contributed by atoms with Crippen molar-refractivity contribution in [2.45, 2.75) is 32.0 Å². The van der Waals surface area contributed by atoms with Gasteiger partial charge < -0.3 is 9.64 Å². The van der Waals surface area contributed by atoms with E-state index in [4.69, 9.17) is 4.74 Å². The first kappa shape index (κ1) is 19.7. The van der Waals surface area contributed by atoms with Gasteiger partial charge in [-0.3, -0.25) is 14.3 Å². The summed E-state index contributed by atoms with van der Waals surface area (Å²) in [6.07, 6.45) is 4.83. The van der Waals surface area contributed by atoms with E-state index >= 15 is 0 Å². The van der Waals surface area contributed by atoms with Crippen LogP contribution in [0.3, 0.4) is 0 Å². The number of ether oxygens (including phenoxy) is 1. The molecule has 0 N–H and O–H groups in total. The van der Waals surface area contributed by atoms with Crippen LogP contribution >= 0.6 is 0 Å². The number of aryl methyl sites for hydroxylation is 1. The summed E-state index contributed by atoms with van der Waals surface area (Å²) < 4.78 is 9.20. The maximum atomic E-state index is 13.4. The van der Waals surface area contributed by atoms with Crippen molar-refractivity contribution >= 4 is 5.91 Å². The number of rotatable bonds is 4. The highest BCUT2D eigenvalue weighted by Crippen LogP contribution is 2.36. The zero-order chi connectivity index (χ0) is 21.4. The summed E-state index contributed by atoms with van der Waals surface area (Å²) in [6.45, 7) is 2.26. The molecule has 0 aliphatic carbocycles. The lowest BCUT2D eigenvalue weighted by atomic mass is 9.94. The lowest BCUT2D eigenvalue weighted by molar-refractivity contribution is -0.138. The number of carbonyl (C=O) groups excluding carboxylic acids is 1. The minimum Gasteiger partial charge on any atom is -0.373 e. The summed E-state index contributed by atoms with van der Waals surface area (Å²) in [5.41, 5.74) is 3.69. The molecule has 3 aromatic rings. The van der Waals surface area contributed by atoms with Crippen LogP contribution in [0, 0.1) is 5.92 Å². The lowest BCUT2D eigenvalue weighted by Gasteiger charge is -2.31. The van der Waals surface area contributed by atoms with Crippen molar-refractivity contribution < 1.29 is 9.53 Å². The number of hydrogen-bond donors (Lipinski definition) is 0. The quantitative estimate of drug-likeness (QED) is 0.643. The van der Waals surface area contributed by atoms with Crippen LogP contribution in [0.2, 0.25) is 0 Å². The molecule has 1 amide bonds. The molecule has 2 aliphatic heterocycles. The third-order valence-electron chi connectivity index (χ3n) is 6.13. The van der Waals surface area contributed by atoms with Gasteiger partial charge in [0.25, 0.3) is 5.56 Å². The molecule has 0 radical (unpaired) electrons. The van der Waals surface area contributed by atoms with E-state index in [0.717, 1.165) is 16.8 Å². The first-order valence-electron chi connectivity index (χ1n) is 10.6. The molecule has 2 aromatic heterocycles. The molecule has 2 atom stereocenters. The van der Waals surface area contributed by atoms with E-state index in [1.54, 1.807) is 19.3 Å².